The van der Waals surface area contributed by atoms with Crippen molar-refractivity contribution >= 4 is 29.1 Å². The van der Waals surface area contributed by atoms with E-state index in [4.69, 9.17) is 11.6 Å². The van der Waals surface area contributed by atoms with Gasteiger partial charge in [-0.15, -0.1) is 0 Å². The Morgan fingerprint density at radius 2 is 1.79 bits per heavy atom. The molecule has 0 aliphatic carbocycles. The molecule has 7 heteroatoms. The fraction of sp³-hybridized carbons (Fsp3) is 0.318. The van der Waals surface area contributed by atoms with Crippen molar-refractivity contribution in [1.82, 2.24) is 4.90 Å². The molecule has 0 N–H and O–H groups in total. The lowest BCUT2D eigenvalue weighted by molar-refractivity contribution is -0.123. The van der Waals surface area contributed by atoms with Gasteiger partial charge in [-0.05, 0) is 36.6 Å². The van der Waals surface area contributed by atoms with Crippen LogP contribution >= 0.6 is 11.6 Å². The van der Waals surface area contributed by atoms with Gasteiger partial charge in [-0.2, -0.15) is 5.26 Å². The van der Waals surface area contributed by atoms with Crippen LogP contribution in [-0.2, 0) is 15.0 Å². The molecule has 0 radical (unpaired) electrons. The predicted octanol–water partition coefficient (Wildman–Crippen LogP) is 3.67. The molecule has 29 heavy (non-hydrogen) atoms. The fourth-order valence-corrected chi connectivity index (χ4v) is 4.41. The molecule has 2 aliphatic rings. The molecule has 0 bridgehead atoms. The highest BCUT2D eigenvalue weighted by atomic mass is 35.5. The molecule has 148 valence electrons. The van der Waals surface area contributed by atoms with Crippen LogP contribution in [0.5, 0.6) is 0 Å². The minimum absolute atomic E-state index is 0.0682. The molecule has 2 heterocycles. The minimum atomic E-state index is -0.601. The van der Waals surface area contributed by atoms with Crippen molar-refractivity contribution < 1.29 is 14.0 Å². The Morgan fingerprint density at radius 3 is 2.41 bits per heavy atom. The Kier molecular flexibility index (Phi) is 5.12. The second-order valence-corrected chi connectivity index (χ2v) is 7.89. The van der Waals surface area contributed by atoms with Gasteiger partial charge in [-0.3, -0.25) is 14.5 Å². The zero-order chi connectivity index (χ0) is 20.6. The minimum Gasteiger partial charge on any atom is -0.291 e. The number of hydrogen-bond donors (Lipinski definition) is 0. The van der Waals surface area contributed by atoms with E-state index in [-0.39, 0.29) is 28.9 Å². The molecule has 2 aliphatic heterocycles. The molecule has 0 spiro atoms. The number of nitrogens with zero attached hydrogens (tertiary/aromatic N) is 3. The van der Waals surface area contributed by atoms with E-state index in [1.807, 2.05) is 35.2 Å². The number of carbonyl (C=O) groups excluding carboxylic acids is 2. The van der Waals surface area contributed by atoms with Crippen LogP contribution in [0, 0.1) is 17.1 Å². The van der Waals surface area contributed by atoms with Crippen molar-refractivity contribution in [2.24, 2.45) is 0 Å². The molecule has 0 unspecified atom stereocenters. The van der Waals surface area contributed by atoms with Gasteiger partial charge < -0.3 is 0 Å². The van der Waals surface area contributed by atoms with E-state index in [0.717, 1.165) is 16.5 Å². The van der Waals surface area contributed by atoms with Gasteiger partial charge in [0.1, 0.15) is 5.82 Å². The van der Waals surface area contributed by atoms with Crippen LogP contribution in [0.1, 0.15) is 24.8 Å². The zero-order valence-electron chi connectivity index (χ0n) is 15.6. The number of amides is 2. The fourth-order valence-electron chi connectivity index (χ4n) is 4.24. The number of anilines is 1. The Labute approximate surface area is 173 Å². The summed E-state index contributed by atoms with van der Waals surface area (Å²) >= 11 is 5.81. The number of benzene rings is 2. The summed E-state index contributed by atoms with van der Waals surface area (Å²) in [4.78, 5) is 28.6. The van der Waals surface area contributed by atoms with Crippen molar-refractivity contribution in [3.8, 4) is 6.07 Å². The lowest BCUT2D eigenvalue weighted by Crippen LogP contribution is -2.49. The van der Waals surface area contributed by atoms with Crippen molar-refractivity contribution in [3.63, 3.8) is 0 Å². The van der Waals surface area contributed by atoms with Gasteiger partial charge in [0.25, 0.3) is 5.91 Å². The molecule has 2 amide bonds. The van der Waals surface area contributed by atoms with Crippen molar-refractivity contribution in [3.05, 3.63) is 64.9 Å². The molecular weight excluding hydrogens is 393 g/mol. The smallest absolute Gasteiger partial charge is 0.251 e. The average Bonchev–Trinajstić information content (AvgIpc) is 3.05. The molecule has 2 aromatic carbocycles. The Bertz CT molecular complexity index is 997. The van der Waals surface area contributed by atoms with Crippen LogP contribution in [0.3, 0.4) is 0 Å². The Hall–Kier alpha value is -2.75. The molecule has 0 aromatic heterocycles. The molecule has 4 rings (SSSR count). The van der Waals surface area contributed by atoms with Crippen LogP contribution in [0.2, 0.25) is 5.02 Å². The van der Waals surface area contributed by atoms with Crippen LogP contribution in [0.4, 0.5) is 10.1 Å². The maximum Gasteiger partial charge on any atom is 0.251 e. The molecule has 0 saturated carbocycles. The predicted molar refractivity (Wildman–Crippen MR) is 107 cm³/mol. The van der Waals surface area contributed by atoms with E-state index in [1.165, 1.54) is 12.1 Å². The Balaban J connectivity index is 1.51. The summed E-state index contributed by atoms with van der Waals surface area (Å²) in [6.07, 6.45) is 1.25. The monoisotopic (exact) mass is 411 g/mol. The van der Waals surface area contributed by atoms with Crippen LogP contribution in [0.15, 0.2) is 48.5 Å². The standard InChI is InChI=1S/C22H19ClFN3O2/c23-17-12-16(6-7-18(17)24)27-20(28)13-19(21(27)29)26-10-8-22(14-25,9-11-26)15-4-2-1-3-5-15/h1-7,12,19H,8-11,13H2/t19-/m1/s1. The van der Waals surface area contributed by atoms with Crippen molar-refractivity contribution in [2.45, 2.75) is 30.7 Å². The van der Waals surface area contributed by atoms with Crippen molar-refractivity contribution in [1.29, 1.82) is 5.26 Å². The van der Waals surface area contributed by atoms with E-state index in [1.54, 1.807) is 0 Å². The van der Waals surface area contributed by atoms with Gasteiger partial charge in [0.2, 0.25) is 5.91 Å². The normalized spacial score (nSPS) is 22.0. The van der Waals surface area contributed by atoms with E-state index >= 15 is 0 Å². The number of hydrogen-bond acceptors (Lipinski definition) is 4. The first-order valence-corrected chi connectivity index (χ1v) is 9.86. The second kappa shape index (κ2) is 7.58. The first-order valence-electron chi connectivity index (χ1n) is 9.48. The quantitative estimate of drug-likeness (QED) is 0.723. The number of rotatable bonds is 3. The summed E-state index contributed by atoms with van der Waals surface area (Å²) < 4.78 is 13.4. The Morgan fingerprint density at radius 1 is 1.10 bits per heavy atom. The second-order valence-electron chi connectivity index (χ2n) is 7.48. The number of imide groups is 1. The summed E-state index contributed by atoms with van der Waals surface area (Å²) in [5.41, 5.74) is 0.688. The number of likely N-dealkylation sites (tertiary alicyclic amines) is 1. The van der Waals surface area contributed by atoms with Gasteiger partial charge in [0.15, 0.2) is 0 Å². The highest BCUT2D eigenvalue weighted by Crippen LogP contribution is 2.37. The van der Waals surface area contributed by atoms with Gasteiger partial charge >= 0.3 is 0 Å². The first kappa shape index (κ1) is 19.6. The van der Waals surface area contributed by atoms with Crippen molar-refractivity contribution in [2.75, 3.05) is 18.0 Å². The van der Waals surface area contributed by atoms with E-state index < -0.39 is 17.3 Å². The van der Waals surface area contributed by atoms with E-state index in [2.05, 4.69) is 6.07 Å². The molecule has 2 aromatic rings. The number of nitriles is 1. The summed E-state index contributed by atoms with van der Waals surface area (Å²) in [6.45, 7) is 1.09. The zero-order valence-corrected chi connectivity index (χ0v) is 16.4. The molecule has 2 fully saturated rings. The highest BCUT2D eigenvalue weighted by Gasteiger charge is 2.46. The summed E-state index contributed by atoms with van der Waals surface area (Å²) in [7, 11) is 0. The maximum atomic E-state index is 13.4. The maximum absolute atomic E-state index is 13.4. The number of carbonyl (C=O) groups is 2. The largest absolute Gasteiger partial charge is 0.291 e. The third kappa shape index (κ3) is 3.41. The van der Waals surface area contributed by atoms with Gasteiger partial charge in [0.05, 0.1) is 34.7 Å². The highest BCUT2D eigenvalue weighted by molar-refractivity contribution is 6.31. The van der Waals surface area contributed by atoms with Gasteiger partial charge in [0, 0.05) is 13.1 Å². The lowest BCUT2D eigenvalue weighted by atomic mass is 9.74. The lowest BCUT2D eigenvalue weighted by Gasteiger charge is -2.39. The average molecular weight is 412 g/mol. The van der Waals surface area contributed by atoms with Gasteiger partial charge in [-0.1, -0.05) is 41.9 Å². The summed E-state index contributed by atoms with van der Waals surface area (Å²) in [5, 5.41) is 9.71. The molecule has 2 saturated heterocycles. The molecule has 5 nitrogen and oxygen atoms in total. The number of halogens is 2. The molecule has 1 atom stereocenters. The van der Waals surface area contributed by atoms with Crippen LogP contribution in [0.25, 0.3) is 0 Å². The van der Waals surface area contributed by atoms with E-state index in [9.17, 15) is 19.2 Å². The van der Waals surface area contributed by atoms with Crippen LogP contribution < -0.4 is 4.90 Å². The summed E-state index contributed by atoms with van der Waals surface area (Å²) in [5.74, 6) is -1.26. The first-order chi connectivity index (χ1) is 13.9. The van der Waals surface area contributed by atoms with Gasteiger partial charge in [-0.25, -0.2) is 9.29 Å². The topological polar surface area (TPSA) is 64.4 Å². The summed E-state index contributed by atoms with van der Waals surface area (Å²) in [6, 6.07) is 15.4. The number of piperidine rings is 1. The SMILES string of the molecule is N#CC1(c2ccccc2)CCN([C@@H]2CC(=O)N(c3ccc(F)c(Cl)c3)C2=O)CC1. The van der Waals surface area contributed by atoms with Crippen LogP contribution in [-0.4, -0.2) is 35.8 Å². The third-order valence-electron chi connectivity index (χ3n) is 5.92. The molecular formula is C22H19ClFN3O2. The van der Waals surface area contributed by atoms with E-state index in [0.29, 0.717) is 25.9 Å². The third-order valence-corrected chi connectivity index (χ3v) is 6.21.